The van der Waals surface area contributed by atoms with Crippen LogP contribution in [0.5, 0.6) is 0 Å². The van der Waals surface area contributed by atoms with E-state index in [1.54, 1.807) is 12.3 Å². The first-order chi connectivity index (χ1) is 8.33. The Morgan fingerprint density at radius 3 is 3.06 bits per heavy atom. The van der Waals surface area contributed by atoms with E-state index >= 15 is 0 Å². The predicted molar refractivity (Wildman–Crippen MR) is 68.2 cm³/mol. The van der Waals surface area contributed by atoms with Crippen LogP contribution in [0.4, 0.5) is 0 Å². The maximum atomic E-state index is 12.3. The number of hydrogen-bond acceptors (Lipinski definition) is 2. The maximum Gasteiger partial charge on any atom is 0.272 e. The predicted octanol–water partition coefficient (Wildman–Crippen LogP) is 2.71. The van der Waals surface area contributed by atoms with Gasteiger partial charge >= 0.3 is 0 Å². The number of carbonyl (C=O) groups excluding carboxylic acids is 1. The molecule has 0 aromatic carbocycles. The average Bonchev–Trinajstić information content (AvgIpc) is 2.40. The monoisotopic (exact) mass is 252 g/mol. The maximum absolute atomic E-state index is 12.3. The van der Waals surface area contributed by atoms with Crippen molar-refractivity contribution in [3.05, 3.63) is 30.1 Å². The second-order valence-corrected chi connectivity index (χ2v) is 4.72. The Labute approximate surface area is 107 Å². The van der Waals surface area contributed by atoms with E-state index in [0.717, 1.165) is 25.8 Å². The summed E-state index contributed by atoms with van der Waals surface area (Å²) in [6.45, 7) is 0.830. The molecule has 1 aromatic rings. The van der Waals surface area contributed by atoms with E-state index in [-0.39, 0.29) is 11.9 Å². The summed E-state index contributed by atoms with van der Waals surface area (Å²) in [5, 5.41) is 0. The van der Waals surface area contributed by atoms with Gasteiger partial charge in [-0.2, -0.15) is 0 Å². The van der Waals surface area contributed by atoms with Gasteiger partial charge in [-0.1, -0.05) is 6.07 Å². The molecule has 1 amide bonds. The van der Waals surface area contributed by atoms with E-state index in [2.05, 4.69) is 4.98 Å². The van der Waals surface area contributed by atoms with E-state index < -0.39 is 0 Å². The number of rotatable bonds is 3. The van der Waals surface area contributed by atoms with Gasteiger partial charge < -0.3 is 4.90 Å². The van der Waals surface area contributed by atoms with Crippen LogP contribution in [0.3, 0.4) is 0 Å². The van der Waals surface area contributed by atoms with Gasteiger partial charge in [-0.25, -0.2) is 0 Å². The normalized spacial score (nSPS) is 20.3. The molecule has 0 bridgehead atoms. The van der Waals surface area contributed by atoms with Crippen LogP contribution in [-0.4, -0.2) is 34.3 Å². The fraction of sp³-hybridized carbons (Fsp3) is 0.538. The van der Waals surface area contributed by atoms with Gasteiger partial charge in [-0.15, -0.1) is 11.6 Å². The number of pyridine rings is 1. The number of halogens is 1. The minimum absolute atomic E-state index is 0.0421. The van der Waals surface area contributed by atoms with Gasteiger partial charge in [0.25, 0.3) is 5.91 Å². The lowest BCUT2D eigenvalue weighted by molar-refractivity contribution is 0.0603. The highest BCUT2D eigenvalue weighted by Gasteiger charge is 2.27. The molecule has 3 nitrogen and oxygen atoms in total. The number of alkyl halides is 1. The first-order valence-corrected chi connectivity index (χ1v) is 6.64. The first kappa shape index (κ1) is 12.4. The van der Waals surface area contributed by atoms with Crippen LogP contribution < -0.4 is 0 Å². The van der Waals surface area contributed by atoms with Crippen molar-refractivity contribution in [1.82, 2.24) is 9.88 Å². The van der Waals surface area contributed by atoms with Gasteiger partial charge in [-0.05, 0) is 37.8 Å². The SMILES string of the molecule is O=C(c1ccccn1)N1CCCCC1CCCl. The zero-order chi connectivity index (χ0) is 12.1. The molecule has 1 unspecified atom stereocenters. The van der Waals surface area contributed by atoms with E-state index in [0.29, 0.717) is 11.6 Å². The van der Waals surface area contributed by atoms with Gasteiger partial charge in [0, 0.05) is 24.7 Å². The van der Waals surface area contributed by atoms with Gasteiger partial charge in [0.1, 0.15) is 5.69 Å². The topological polar surface area (TPSA) is 33.2 Å². The minimum atomic E-state index is 0.0421. The lowest BCUT2D eigenvalue weighted by Gasteiger charge is -2.35. The fourth-order valence-corrected chi connectivity index (χ4v) is 2.58. The molecular formula is C13H17ClN2O. The van der Waals surface area contributed by atoms with Crippen molar-refractivity contribution in [2.75, 3.05) is 12.4 Å². The Hall–Kier alpha value is -1.09. The molecule has 0 aliphatic carbocycles. The molecule has 0 radical (unpaired) electrons. The van der Waals surface area contributed by atoms with Crippen molar-refractivity contribution in [2.45, 2.75) is 31.7 Å². The zero-order valence-corrected chi connectivity index (χ0v) is 10.6. The highest BCUT2D eigenvalue weighted by molar-refractivity contribution is 6.17. The van der Waals surface area contributed by atoms with E-state index in [4.69, 9.17) is 11.6 Å². The second-order valence-electron chi connectivity index (χ2n) is 4.34. The Kier molecular flexibility index (Phi) is 4.37. The molecule has 1 aliphatic rings. The summed E-state index contributed by atoms with van der Waals surface area (Å²) in [6, 6.07) is 5.73. The average molecular weight is 253 g/mol. The first-order valence-electron chi connectivity index (χ1n) is 6.11. The third-order valence-electron chi connectivity index (χ3n) is 3.21. The molecule has 0 spiro atoms. The summed E-state index contributed by atoms with van der Waals surface area (Å²) in [4.78, 5) is 18.4. The number of likely N-dealkylation sites (tertiary alicyclic amines) is 1. The lowest BCUT2D eigenvalue weighted by atomic mass is 9.99. The van der Waals surface area contributed by atoms with Crippen molar-refractivity contribution < 1.29 is 4.79 Å². The van der Waals surface area contributed by atoms with Crippen LogP contribution in [0.25, 0.3) is 0 Å². The molecule has 17 heavy (non-hydrogen) atoms. The molecule has 1 fully saturated rings. The van der Waals surface area contributed by atoms with Crippen LogP contribution in [0.2, 0.25) is 0 Å². The smallest absolute Gasteiger partial charge is 0.272 e. The van der Waals surface area contributed by atoms with E-state index in [1.165, 1.54) is 6.42 Å². The van der Waals surface area contributed by atoms with Crippen molar-refractivity contribution in [3.8, 4) is 0 Å². The van der Waals surface area contributed by atoms with Crippen LogP contribution >= 0.6 is 11.6 Å². The van der Waals surface area contributed by atoms with Crippen LogP contribution in [0, 0.1) is 0 Å². The molecular weight excluding hydrogens is 236 g/mol. The Balaban J connectivity index is 2.11. The number of aromatic nitrogens is 1. The van der Waals surface area contributed by atoms with E-state index in [1.807, 2.05) is 17.0 Å². The second kappa shape index (κ2) is 6.01. The van der Waals surface area contributed by atoms with Crippen molar-refractivity contribution in [2.24, 2.45) is 0 Å². The number of carbonyl (C=O) groups is 1. The van der Waals surface area contributed by atoms with Crippen molar-refractivity contribution >= 4 is 17.5 Å². The summed E-state index contributed by atoms with van der Waals surface area (Å²) in [5.74, 6) is 0.650. The largest absolute Gasteiger partial charge is 0.334 e. The van der Waals surface area contributed by atoms with Gasteiger partial charge in [0.05, 0.1) is 0 Å². The molecule has 1 atom stereocenters. The zero-order valence-electron chi connectivity index (χ0n) is 9.81. The molecule has 0 saturated carbocycles. The number of hydrogen-bond donors (Lipinski definition) is 0. The Bertz CT molecular complexity index is 367. The molecule has 1 aromatic heterocycles. The molecule has 1 saturated heterocycles. The lowest BCUT2D eigenvalue weighted by Crippen LogP contribution is -2.44. The third kappa shape index (κ3) is 2.97. The number of piperidine rings is 1. The van der Waals surface area contributed by atoms with E-state index in [9.17, 15) is 4.79 Å². The third-order valence-corrected chi connectivity index (χ3v) is 3.43. The molecule has 4 heteroatoms. The summed E-state index contributed by atoms with van der Waals surface area (Å²) < 4.78 is 0. The van der Waals surface area contributed by atoms with Crippen molar-refractivity contribution in [1.29, 1.82) is 0 Å². The van der Waals surface area contributed by atoms with Crippen LogP contribution in [0.1, 0.15) is 36.2 Å². The fourth-order valence-electron chi connectivity index (χ4n) is 2.33. The Morgan fingerprint density at radius 2 is 2.35 bits per heavy atom. The van der Waals surface area contributed by atoms with Gasteiger partial charge in [0.15, 0.2) is 0 Å². The number of amides is 1. The van der Waals surface area contributed by atoms with Crippen molar-refractivity contribution in [3.63, 3.8) is 0 Å². The molecule has 1 aliphatic heterocycles. The van der Waals surface area contributed by atoms with Crippen LogP contribution in [0.15, 0.2) is 24.4 Å². The van der Waals surface area contributed by atoms with Gasteiger partial charge in [-0.3, -0.25) is 9.78 Å². The highest BCUT2D eigenvalue weighted by Crippen LogP contribution is 2.21. The quantitative estimate of drug-likeness (QED) is 0.775. The van der Waals surface area contributed by atoms with Crippen LogP contribution in [-0.2, 0) is 0 Å². The standard InChI is InChI=1S/C13H17ClN2O/c14-8-7-11-5-2-4-10-16(11)13(17)12-6-1-3-9-15-12/h1,3,6,9,11H,2,4-5,7-8,10H2. The molecule has 2 rings (SSSR count). The van der Waals surface area contributed by atoms with Gasteiger partial charge in [0.2, 0.25) is 0 Å². The minimum Gasteiger partial charge on any atom is -0.334 e. The molecule has 2 heterocycles. The summed E-state index contributed by atoms with van der Waals surface area (Å²) in [7, 11) is 0. The summed E-state index contributed by atoms with van der Waals surface area (Å²) >= 11 is 5.80. The molecule has 92 valence electrons. The summed E-state index contributed by atoms with van der Waals surface area (Å²) in [6.07, 6.45) is 5.87. The highest BCUT2D eigenvalue weighted by atomic mass is 35.5. The summed E-state index contributed by atoms with van der Waals surface area (Å²) in [5.41, 5.74) is 0.536. The number of nitrogens with zero attached hydrogens (tertiary/aromatic N) is 2. The Morgan fingerprint density at radius 1 is 1.47 bits per heavy atom. The molecule has 0 N–H and O–H groups in total.